The number of nitrogens with one attached hydrogen (secondary N) is 1. The second kappa shape index (κ2) is 4.86. The number of sulfone groups is 1. The number of hydrogen-bond donors (Lipinski definition) is 1. The van der Waals surface area contributed by atoms with Crippen molar-refractivity contribution < 1.29 is 12.8 Å². The van der Waals surface area contributed by atoms with Gasteiger partial charge in [0.1, 0.15) is 5.82 Å². The minimum atomic E-state index is -3.30. The average Bonchev–Trinajstić information content (AvgIpc) is 2.66. The van der Waals surface area contributed by atoms with E-state index < -0.39 is 21.7 Å². The molecule has 20 heavy (non-hydrogen) atoms. The summed E-state index contributed by atoms with van der Waals surface area (Å²) in [5.74, 6) is -0.478. The lowest BCUT2D eigenvalue weighted by Gasteiger charge is -2.16. The van der Waals surface area contributed by atoms with Crippen LogP contribution in [0.1, 0.15) is 11.6 Å². The molecule has 2 aromatic carbocycles. The molecule has 0 saturated heterocycles. The summed E-state index contributed by atoms with van der Waals surface area (Å²) in [4.78, 5) is 0.324. The Kier molecular flexibility index (Phi) is 3.30. The van der Waals surface area contributed by atoms with Gasteiger partial charge in [-0.3, -0.25) is 0 Å². The monoisotopic (exact) mass is 355 g/mol. The molecule has 0 bridgehead atoms. The normalized spacial score (nSPS) is 19.6. The second-order valence-corrected chi connectivity index (χ2v) is 7.47. The third-order valence-corrected chi connectivity index (χ3v) is 5.77. The van der Waals surface area contributed by atoms with E-state index in [1.165, 1.54) is 6.07 Å². The maximum absolute atomic E-state index is 13.8. The van der Waals surface area contributed by atoms with E-state index in [0.717, 1.165) is 0 Å². The number of para-hydroxylation sites is 1. The highest BCUT2D eigenvalue weighted by atomic mass is 79.9. The molecular formula is C14H11BrFNO2S. The summed E-state index contributed by atoms with van der Waals surface area (Å²) in [6, 6.07) is 11.0. The van der Waals surface area contributed by atoms with Gasteiger partial charge >= 0.3 is 0 Å². The van der Waals surface area contributed by atoms with Crippen LogP contribution < -0.4 is 5.32 Å². The Morgan fingerprint density at radius 2 is 1.90 bits per heavy atom. The molecule has 1 heterocycles. The van der Waals surface area contributed by atoms with Crippen molar-refractivity contribution in [1.82, 2.24) is 0 Å². The molecule has 1 aliphatic rings. The zero-order chi connectivity index (χ0) is 14.3. The molecule has 2 aromatic rings. The molecule has 0 saturated carbocycles. The van der Waals surface area contributed by atoms with E-state index in [1.807, 2.05) is 0 Å². The fourth-order valence-electron chi connectivity index (χ4n) is 2.38. The van der Waals surface area contributed by atoms with Gasteiger partial charge in [0, 0.05) is 4.47 Å². The van der Waals surface area contributed by atoms with Crippen molar-refractivity contribution in [2.45, 2.75) is 10.9 Å². The van der Waals surface area contributed by atoms with Crippen LogP contribution in [-0.2, 0) is 9.84 Å². The lowest BCUT2D eigenvalue weighted by Crippen LogP contribution is -2.14. The van der Waals surface area contributed by atoms with Gasteiger partial charge in [-0.05, 0) is 39.7 Å². The lowest BCUT2D eigenvalue weighted by molar-refractivity contribution is 0.598. The van der Waals surface area contributed by atoms with Crippen LogP contribution in [0.5, 0.6) is 0 Å². The molecule has 0 amide bonds. The van der Waals surface area contributed by atoms with E-state index in [0.29, 0.717) is 14.9 Å². The van der Waals surface area contributed by atoms with Crippen molar-refractivity contribution in [1.29, 1.82) is 0 Å². The number of benzene rings is 2. The Balaban J connectivity index is 2.02. The molecule has 6 heteroatoms. The highest BCUT2D eigenvalue weighted by Gasteiger charge is 2.34. The standard InChI is InChI=1S/C14H11BrFNO2S/c15-10-5-3-6-11(16)14(10)17-12-8-20(18,19)13-7-2-1-4-9(12)13/h1-7,12,17H,8H2. The van der Waals surface area contributed by atoms with E-state index in [1.54, 1.807) is 36.4 Å². The van der Waals surface area contributed by atoms with E-state index in [2.05, 4.69) is 21.2 Å². The molecular weight excluding hydrogens is 345 g/mol. The van der Waals surface area contributed by atoms with Crippen LogP contribution in [0, 0.1) is 5.82 Å². The predicted octanol–water partition coefficient (Wildman–Crippen LogP) is 3.53. The number of rotatable bonds is 2. The second-order valence-electron chi connectivity index (χ2n) is 4.61. The van der Waals surface area contributed by atoms with E-state index in [9.17, 15) is 12.8 Å². The van der Waals surface area contributed by atoms with Gasteiger partial charge in [0.05, 0.1) is 22.4 Å². The molecule has 1 unspecified atom stereocenters. The summed E-state index contributed by atoms with van der Waals surface area (Å²) in [5.41, 5.74) is 0.965. The first-order valence-corrected chi connectivity index (χ1v) is 8.46. The summed E-state index contributed by atoms with van der Waals surface area (Å²) in [6.07, 6.45) is 0. The van der Waals surface area contributed by atoms with Gasteiger partial charge in [0.25, 0.3) is 0 Å². The van der Waals surface area contributed by atoms with Gasteiger partial charge < -0.3 is 5.32 Å². The molecule has 1 N–H and O–H groups in total. The van der Waals surface area contributed by atoms with E-state index in [-0.39, 0.29) is 11.4 Å². The van der Waals surface area contributed by atoms with Crippen molar-refractivity contribution in [2.75, 3.05) is 11.1 Å². The van der Waals surface area contributed by atoms with Gasteiger partial charge in [-0.15, -0.1) is 0 Å². The number of halogens is 2. The first-order valence-electron chi connectivity index (χ1n) is 6.01. The quantitative estimate of drug-likeness (QED) is 0.896. The van der Waals surface area contributed by atoms with Crippen molar-refractivity contribution in [3.8, 4) is 0 Å². The summed E-state index contributed by atoms with van der Waals surface area (Å²) < 4.78 is 38.6. The predicted molar refractivity (Wildman–Crippen MR) is 79.0 cm³/mol. The van der Waals surface area contributed by atoms with Gasteiger partial charge in [-0.25, -0.2) is 12.8 Å². The van der Waals surface area contributed by atoms with Crippen LogP contribution >= 0.6 is 15.9 Å². The Hall–Kier alpha value is -1.40. The van der Waals surface area contributed by atoms with Gasteiger partial charge in [0.2, 0.25) is 0 Å². The van der Waals surface area contributed by atoms with E-state index in [4.69, 9.17) is 0 Å². The Labute approximate surface area is 124 Å². The molecule has 1 aliphatic heterocycles. The largest absolute Gasteiger partial charge is 0.374 e. The summed E-state index contributed by atoms with van der Waals surface area (Å²) >= 11 is 3.27. The smallest absolute Gasteiger partial charge is 0.181 e. The molecule has 104 valence electrons. The minimum absolute atomic E-state index is 0.0624. The molecule has 0 radical (unpaired) electrons. The highest BCUT2D eigenvalue weighted by molar-refractivity contribution is 9.10. The Morgan fingerprint density at radius 1 is 1.15 bits per heavy atom. The summed E-state index contributed by atoms with van der Waals surface area (Å²) in [6.45, 7) is 0. The molecule has 0 aromatic heterocycles. The Bertz CT molecular complexity index is 756. The topological polar surface area (TPSA) is 46.2 Å². The van der Waals surface area contributed by atoms with Crippen LogP contribution in [0.15, 0.2) is 51.8 Å². The number of fused-ring (bicyclic) bond motifs is 1. The molecule has 3 rings (SSSR count). The molecule has 0 fully saturated rings. The summed E-state index contributed by atoms with van der Waals surface area (Å²) in [5, 5.41) is 2.99. The lowest BCUT2D eigenvalue weighted by atomic mass is 10.1. The third-order valence-electron chi connectivity index (χ3n) is 3.30. The van der Waals surface area contributed by atoms with Crippen molar-refractivity contribution in [3.63, 3.8) is 0 Å². The van der Waals surface area contributed by atoms with Gasteiger partial charge in [0.15, 0.2) is 9.84 Å². The molecule has 3 nitrogen and oxygen atoms in total. The van der Waals surface area contributed by atoms with Crippen LogP contribution in [0.2, 0.25) is 0 Å². The van der Waals surface area contributed by atoms with E-state index >= 15 is 0 Å². The van der Waals surface area contributed by atoms with Crippen molar-refractivity contribution >= 4 is 31.5 Å². The SMILES string of the molecule is O=S1(=O)CC(Nc2c(F)cccc2Br)c2ccccc21. The fourth-order valence-corrected chi connectivity index (χ4v) is 4.57. The molecule has 1 atom stereocenters. The third kappa shape index (κ3) is 2.23. The fraction of sp³-hybridized carbons (Fsp3) is 0.143. The van der Waals surface area contributed by atoms with Gasteiger partial charge in [-0.2, -0.15) is 0 Å². The molecule has 0 spiro atoms. The maximum atomic E-state index is 13.8. The first-order chi connectivity index (χ1) is 9.49. The van der Waals surface area contributed by atoms with Crippen LogP contribution in [-0.4, -0.2) is 14.2 Å². The molecule has 0 aliphatic carbocycles. The zero-order valence-corrected chi connectivity index (χ0v) is 12.7. The highest BCUT2D eigenvalue weighted by Crippen LogP contribution is 2.37. The zero-order valence-electron chi connectivity index (χ0n) is 10.3. The number of hydrogen-bond acceptors (Lipinski definition) is 3. The van der Waals surface area contributed by atoms with Crippen LogP contribution in [0.25, 0.3) is 0 Å². The van der Waals surface area contributed by atoms with Gasteiger partial charge in [-0.1, -0.05) is 24.3 Å². The van der Waals surface area contributed by atoms with Crippen LogP contribution in [0.3, 0.4) is 0 Å². The minimum Gasteiger partial charge on any atom is -0.374 e. The first kappa shape index (κ1) is 13.6. The summed E-state index contributed by atoms with van der Waals surface area (Å²) in [7, 11) is -3.30. The Morgan fingerprint density at radius 3 is 2.65 bits per heavy atom. The van der Waals surface area contributed by atoms with Crippen molar-refractivity contribution in [3.05, 3.63) is 58.3 Å². The average molecular weight is 356 g/mol. The maximum Gasteiger partial charge on any atom is 0.181 e. The number of anilines is 1. The van der Waals surface area contributed by atoms with Crippen LogP contribution in [0.4, 0.5) is 10.1 Å². The van der Waals surface area contributed by atoms with Crippen molar-refractivity contribution in [2.24, 2.45) is 0 Å².